The van der Waals surface area contributed by atoms with Gasteiger partial charge in [-0.2, -0.15) is 11.8 Å². The molecule has 0 heterocycles. The van der Waals surface area contributed by atoms with Crippen molar-refractivity contribution >= 4 is 17.7 Å². The molecule has 1 amide bonds. The minimum Gasteiger partial charge on any atom is -0.353 e. The van der Waals surface area contributed by atoms with E-state index in [0.29, 0.717) is 12.5 Å². The minimum atomic E-state index is 0.253. The smallest absolute Gasteiger partial charge is 0.221 e. The van der Waals surface area contributed by atoms with Gasteiger partial charge in [-0.3, -0.25) is 4.79 Å². The molecule has 1 N–H and O–H groups in total. The fourth-order valence-corrected chi connectivity index (χ4v) is 4.53. The molecule has 108 valence electrons. The zero-order valence-electron chi connectivity index (χ0n) is 11.9. The van der Waals surface area contributed by atoms with Crippen molar-refractivity contribution < 1.29 is 4.79 Å². The van der Waals surface area contributed by atoms with Crippen LogP contribution in [-0.2, 0) is 10.5 Å². The molecule has 0 unspecified atom stereocenters. The lowest BCUT2D eigenvalue weighted by molar-refractivity contribution is -0.121. The van der Waals surface area contributed by atoms with Crippen molar-refractivity contribution in [3.63, 3.8) is 0 Å². The summed E-state index contributed by atoms with van der Waals surface area (Å²) in [4.78, 5) is 12.0. The number of carbonyl (C=O) groups is 1. The molecule has 0 radical (unpaired) electrons. The third-order valence-electron chi connectivity index (χ3n) is 4.67. The standard InChI is InChI=1S/C17H23NOS/c19-17(18-16-11-14-6-7-15(16)10-14)8-9-20-12-13-4-2-1-3-5-13/h1-5,14-16H,6-12H2,(H,18,19)/t14-,15-,16+/m0/s1. The van der Waals surface area contributed by atoms with Crippen LogP contribution in [0.4, 0.5) is 0 Å². The van der Waals surface area contributed by atoms with Crippen molar-refractivity contribution in [3.05, 3.63) is 35.9 Å². The average Bonchev–Trinajstić information content (AvgIpc) is 3.07. The summed E-state index contributed by atoms with van der Waals surface area (Å²) in [6.07, 6.45) is 5.97. The Kier molecular flexibility index (Phi) is 4.66. The van der Waals surface area contributed by atoms with E-state index in [1.165, 1.54) is 31.2 Å². The summed E-state index contributed by atoms with van der Waals surface area (Å²) in [6, 6.07) is 10.9. The van der Waals surface area contributed by atoms with Crippen molar-refractivity contribution in [3.8, 4) is 0 Å². The van der Waals surface area contributed by atoms with Crippen molar-refractivity contribution in [1.82, 2.24) is 5.32 Å². The van der Waals surface area contributed by atoms with Crippen LogP contribution in [-0.4, -0.2) is 17.7 Å². The highest BCUT2D eigenvalue weighted by molar-refractivity contribution is 7.98. The second-order valence-corrected chi connectivity index (χ2v) is 7.24. The van der Waals surface area contributed by atoms with Gasteiger partial charge in [0.15, 0.2) is 0 Å². The Morgan fingerprint density at radius 1 is 1.20 bits per heavy atom. The van der Waals surface area contributed by atoms with Crippen LogP contribution in [0.1, 0.15) is 37.7 Å². The predicted molar refractivity (Wildman–Crippen MR) is 84.6 cm³/mol. The molecule has 2 aliphatic carbocycles. The van der Waals surface area contributed by atoms with Gasteiger partial charge in [-0.25, -0.2) is 0 Å². The maximum absolute atomic E-state index is 12.0. The molecule has 20 heavy (non-hydrogen) atoms. The van der Waals surface area contributed by atoms with Crippen molar-refractivity contribution in [2.24, 2.45) is 11.8 Å². The molecule has 0 saturated heterocycles. The summed E-state index contributed by atoms with van der Waals surface area (Å²) in [6.45, 7) is 0. The van der Waals surface area contributed by atoms with E-state index in [9.17, 15) is 4.79 Å². The van der Waals surface area contributed by atoms with Crippen molar-refractivity contribution in [1.29, 1.82) is 0 Å². The monoisotopic (exact) mass is 289 g/mol. The van der Waals surface area contributed by atoms with Crippen LogP contribution < -0.4 is 5.32 Å². The number of amides is 1. The summed E-state index contributed by atoms with van der Waals surface area (Å²) < 4.78 is 0. The zero-order valence-corrected chi connectivity index (χ0v) is 12.7. The largest absolute Gasteiger partial charge is 0.353 e. The lowest BCUT2D eigenvalue weighted by Gasteiger charge is -2.22. The van der Waals surface area contributed by atoms with E-state index in [2.05, 4.69) is 29.6 Å². The molecule has 3 heteroatoms. The van der Waals surface area contributed by atoms with Crippen LogP contribution in [0.5, 0.6) is 0 Å². The van der Waals surface area contributed by atoms with Gasteiger partial charge in [0, 0.05) is 24.0 Å². The molecule has 2 bridgehead atoms. The highest BCUT2D eigenvalue weighted by Crippen LogP contribution is 2.44. The molecule has 2 saturated carbocycles. The molecule has 1 aromatic carbocycles. The molecular formula is C17H23NOS. The number of carbonyl (C=O) groups excluding carboxylic acids is 1. The Morgan fingerprint density at radius 2 is 2.05 bits per heavy atom. The van der Waals surface area contributed by atoms with E-state index in [1.54, 1.807) is 0 Å². The third kappa shape index (κ3) is 3.57. The van der Waals surface area contributed by atoms with Crippen molar-refractivity contribution in [2.45, 2.75) is 43.9 Å². The second kappa shape index (κ2) is 6.66. The first-order valence-electron chi connectivity index (χ1n) is 7.72. The number of rotatable bonds is 6. The molecule has 0 aromatic heterocycles. The molecule has 2 aliphatic rings. The fourth-order valence-electron chi connectivity index (χ4n) is 3.63. The van der Waals surface area contributed by atoms with Crippen LogP contribution >= 0.6 is 11.8 Å². The SMILES string of the molecule is O=C(CCSCc1ccccc1)N[C@@H]1C[C@H]2CC[C@H]1C2. The minimum absolute atomic E-state index is 0.253. The van der Waals surface area contributed by atoms with Crippen LogP contribution in [0.3, 0.4) is 0 Å². The Balaban J connectivity index is 1.32. The summed E-state index contributed by atoms with van der Waals surface area (Å²) in [5, 5.41) is 3.26. The van der Waals surface area contributed by atoms with Gasteiger partial charge in [-0.05, 0) is 36.7 Å². The quantitative estimate of drug-likeness (QED) is 0.811. The average molecular weight is 289 g/mol. The third-order valence-corrected chi connectivity index (χ3v) is 5.70. The molecule has 2 nitrogen and oxygen atoms in total. The second-order valence-electron chi connectivity index (χ2n) is 6.14. The first kappa shape index (κ1) is 14.0. The van der Waals surface area contributed by atoms with Crippen LogP contribution in [0.15, 0.2) is 30.3 Å². The fraction of sp³-hybridized carbons (Fsp3) is 0.588. The van der Waals surface area contributed by atoms with Gasteiger partial charge in [0.2, 0.25) is 5.91 Å². The Bertz CT molecular complexity index is 448. The molecule has 0 aliphatic heterocycles. The number of hydrogen-bond donors (Lipinski definition) is 1. The number of nitrogens with one attached hydrogen (secondary N) is 1. The normalized spacial score (nSPS) is 27.7. The Labute approximate surface area is 125 Å². The summed E-state index contributed by atoms with van der Waals surface area (Å²) >= 11 is 1.85. The number of thioether (sulfide) groups is 1. The van der Waals surface area contributed by atoms with Gasteiger partial charge < -0.3 is 5.32 Å². The van der Waals surface area contributed by atoms with E-state index in [4.69, 9.17) is 0 Å². The van der Waals surface area contributed by atoms with E-state index in [0.717, 1.165) is 23.3 Å². The summed E-state index contributed by atoms with van der Waals surface area (Å²) in [7, 11) is 0. The van der Waals surface area contributed by atoms with E-state index in [-0.39, 0.29) is 5.91 Å². The zero-order chi connectivity index (χ0) is 13.8. The van der Waals surface area contributed by atoms with Gasteiger partial charge >= 0.3 is 0 Å². The number of fused-ring (bicyclic) bond motifs is 2. The maximum Gasteiger partial charge on any atom is 0.221 e. The Hall–Kier alpha value is -0.960. The first-order valence-corrected chi connectivity index (χ1v) is 8.88. The topological polar surface area (TPSA) is 29.1 Å². The molecule has 3 atom stereocenters. The molecule has 2 fully saturated rings. The van der Waals surface area contributed by atoms with E-state index in [1.807, 2.05) is 17.8 Å². The lowest BCUT2D eigenvalue weighted by Crippen LogP contribution is -2.38. The lowest BCUT2D eigenvalue weighted by atomic mass is 9.95. The van der Waals surface area contributed by atoms with Gasteiger partial charge in [0.1, 0.15) is 0 Å². The molecular weight excluding hydrogens is 266 g/mol. The van der Waals surface area contributed by atoms with E-state index >= 15 is 0 Å². The van der Waals surface area contributed by atoms with Gasteiger partial charge in [-0.1, -0.05) is 36.8 Å². The van der Waals surface area contributed by atoms with Crippen molar-refractivity contribution in [2.75, 3.05) is 5.75 Å². The number of benzene rings is 1. The first-order chi connectivity index (χ1) is 9.81. The summed E-state index contributed by atoms with van der Waals surface area (Å²) in [5.41, 5.74) is 1.34. The van der Waals surface area contributed by atoms with Crippen LogP contribution in [0.2, 0.25) is 0 Å². The van der Waals surface area contributed by atoms with Gasteiger partial charge in [-0.15, -0.1) is 0 Å². The molecule has 1 aromatic rings. The van der Waals surface area contributed by atoms with Crippen LogP contribution in [0.25, 0.3) is 0 Å². The highest BCUT2D eigenvalue weighted by Gasteiger charge is 2.39. The molecule has 3 rings (SSSR count). The highest BCUT2D eigenvalue weighted by atomic mass is 32.2. The van der Waals surface area contributed by atoms with E-state index < -0.39 is 0 Å². The van der Waals surface area contributed by atoms with Crippen LogP contribution in [0, 0.1) is 11.8 Å². The maximum atomic E-state index is 12.0. The predicted octanol–water partition coefficient (Wildman–Crippen LogP) is 3.61. The van der Waals surface area contributed by atoms with Gasteiger partial charge in [0.05, 0.1) is 0 Å². The molecule has 0 spiro atoms. The Morgan fingerprint density at radius 3 is 2.75 bits per heavy atom. The van der Waals surface area contributed by atoms with Gasteiger partial charge in [0.25, 0.3) is 0 Å². The number of hydrogen-bond acceptors (Lipinski definition) is 2. The summed E-state index contributed by atoms with van der Waals surface area (Å²) in [5.74, 6) is 3.85.